The van der Waals surface area contributed by atoms with Crippen molar-refractivity contribution in [3.8, 4) is 18.1 Å². The molecule has 1 atom stereocenters. The standard InChI is InChI=1S/C8H6Cl2N2O/c1-3-5(2)13-6-4-7(9)11-12-8(6)10/h1,4-5H,2H3. The van der Waals surface area contributed by atoms with E-state index < -0.39 is 0 Å². The number of terminal acetylenes is 1. The van der Waals surface area contributed by atoms with Gasteiger partial charge in [-0.25, -0.2) is 0 Å². The van der Waals surface area contributed by atoms with Gasteiger partial charge in [0.2, 0.25) is 0 Å². The molecule has 0 fully saturated rings. The van der Waals surface area contributed by atoms with Gasteiger partial charge in [0.25, 0.3) is 0 Å². The van der Waals surface area contributed by atoms with Gasteiger partial charge in [-0.05, 0) is 6.92 Å². The minimum Gasteiger partial charge on any atom is -0.475 e. The Morgan fingerprint density at radius 3 is 2.85 bits per heavy atom. The maximum absolute atomic E-state index is 5.67. The SMILES string of the molecule is C#CC(C)Oc1cc(Cl)nnc1Cl. The van der Waals surface area contributed by atoms with Gasteiger partial charge < -0.3 is 4.74 Å². The summed E-state index contributed by atoms with van der Waals surface area (Å²) in [6.07, 6.45) is 4.74. The molecule has 1 rings (SSSR count). The predicted octanol–water partition coefficient (Wildman–Crippen LogP) is 2.18. The van der Waals surface area contributed by atoms with E-state index in [4.69, 9.17) is 34.4 Å². The lowest BCUT2D eigenvalue weighted by atomic mass is 10.4. The van der Waals surface area contributed by atoms with Crippen LogP contribution in [0.1, 0.15) is 6.92 Å². The van der Waals surface area contributed by atoms with Crippen LogP contribution in [0.2, 0.25) is 10.3 Å². The van der Waals surface area contributed by atoms with Crippen LogP contribution in [0, 0.1) is 12.3 Å². The molecule has 5 heteroatoms. The first-order chi connectivity index (χ1) is 6.13. The zero-order valence-corrected chi connectivity index (χ0v) is 8.30. The van der Waals surface area contributed by atoms with Gasteiger partial charge in [0.15, 0.2) is 22.2 Å². The highest BCUT2D eigenvalue weighted by atomic mass is 35.5. The number of rotatable bonds is 2. The Bertz CT molecular complexity index is 348. The molecule has 1 aromatic rings. The molecule has 0 bridgehead atoms. The number of halogens is 2. The lowest BCUT2D eigenvalue weighted by molar-refractivity contribution is 0.277. The highest BCUT2D eigenvalue weighted by molar-refractivity contribution is 6.32. The molecule has 0 aliphatic carbocycles. The van der Waals surface area contributed by atoms with Crippen molar-refractivity contribution < 1.29 is 4.74 Å². The average molecular weight is 217 g/mol. The van der Waals surface area contributed by atoms with Crippen molar-refractivity contribution >= 4 is 23.2 Å². The van der Waals surface area contributed by atoms with Crippen LogP contribution in [-0.2, 0) is 0 Å². The molecule has 0 aliphatic heterocycles. The first-order valence-electron chi connectivity index (χ1n) is 3.45. The van der Waals surface area contributed by atoms with Crippen LogP contribution >= 0.6 is 23.2 Å². The lowest BCUT2D eigenvalue weighted by Crippen LogP contribution is -2.09. The zero-order chi connectivity index (χ0) is 9.84. The summed E-state index contributed by atoms with van der Waals surface area (Å²) >= 11 is 11.3. The van der Waals surface area contributed by atoms with Crippen molar-refractivity contribution in [2.45, 2.75) is 13.0 Å². The summed E-state index contributed by atoms with van der Waals surface area (Å²) in [5.41, 5.74) is 0. The van der Waals surface area contributed by atoms with Crippen molar-refractivity contribution in [1.82, 2.24) is 10.2 Å². The van der Waals surface area contributed by atoms with E-state index >= 15 is 0 Å². The normalized spacial score (nSPS) is 11.8. The third-order valence-electron chi connectivity index (χ3n) is 1.23. The van der Waals surface area contributed by atoms with Gasteiger partial charge in [-0.15, -0.1) is 16.6 Å². The molecule has 1 aromatic heterocycles. The van der Waals surface area contributed by atoms with Crippen molar-refractivity contribution in [2.24, 2.45) is 0 Å². The minimum atomic E-state index is -0.377. The second-order valence-corrected chi connectivity index (χ2v) is 2.99. The molecule has 0 N–H and O–H groups in total. The molecule has 68 valence electrons. The quantitative estimate of drug-likeness (QED) is 0.712. The van der Waals surface area contributed by atoms with E-state index in [9.17, 15) is 0 Å². The van der Waals surface area contributed by atoms with Crippen molar-refractivity contribution in [1.29, 1.82) is 0 Å². The van der Waals surface area contributed by atoms with Crippen LogP contribution in [0.15, 0.2) is 6.07 Å². The fourth-order valence-electron chi connectivity index (χ4n) is 0.645. The largest absolute Gasteiger partial charge is 0.475 e. The molecule has 0 amide bonds. The topological polar surface area (TPSA) is 35.0 Å². The summed E-state index contributed by atoms with van der Waals surface area (Å²) in [5.74, 6) is 2.73. The second-order valence-electron chi connectivity index (χ2n) is 2.25. The van der Waals surface area contributed by atoms with E-state index in [-0.39, 0.29) is 16.4 Å². The van der Waals surface area contributed by atoms with Crippen LogP contribution in [0.25, 0.3) is 0 Å². The van der Waals surface area contributed by atoms with Gasteiger partial charge in [-0.1, -0.05) is 29.1 Å². The van der Waals surface area contributed by atoms with Gasteiger partial charge >= 0.3 is 0 Å². The lowest BCUT2D eigenvalue weighted by Gasteiger charge is -2.08. The fraction of sp³-hybridized carbons (Fsp3) is 0.250. The summed E-state index contributed by atoms with van der Waals surface area (Å²) in [4.78, 5) is 0. The summed E-state index contributed by atoms with van der Waals surface area (Å²) < 4.78 is 5.22. The van der Waals surface area contributed by atoms with E-state index in [0.717, 1.165) is 0 Å². The maximum Gasteiger partial charge on any atom is 0.193 e. The van der Waals surface area contributed by atoms with E-state index in [1.807, 2.05) is 0 Å². The minimum absolute atomic E-state index is 0.145. The van der Waals surface area contributed by atoms with Gasteiger partial charge in [0.05, 0.1) is 0 Å². The molecule has 0 aromatic carbocycles. The van der Waals surface area contributed by atoms with Crippen molar-refractivity contribution in [2.75, 3.05) is 0 Å². The van der Waals surface area contributed by atoms with E-state index in [0.29, 0.717) is 5.75 Å². The Morgan fingerprint density at radius 2 is 2.23 bits per heavy atom. The number of nitrogens with zero attached hydrogens (tertiary/aromatic N) is 2. The van der Waals surface area contributed by atoms with Crippen LogP contribution in [0.4, 0.5) is 0 Å². The van der Waals surface area contributed by atoms with Crippen LogP contribution in [0.3, 0.4) is 0 Å². The Balaban J connectivity index is 2.88. The van der Waals surface area contributed by atoms with Gasteiger partial charge in [-0.2, -0.15) is 0 Å². The molecule has 1 unspecified atom stereocenters. The molecule has 0 spiro atoms. The Morgan fingerprint density at radius 1 is 1.54 bits per heavy atom. The van der Waals surface area contributed by atoms with Crippen LogP contribution < -0.4 is 4.74 Å². The molecule has 3 nitrogen and oxygen atoms in total. The number of hydrogen-bond donors (Lipinski definition) is 0. The molecule has 0 saturated carbocycles. The van der Waals surface area contributed by atoms with Gasteiger partial charge in [0.1, 0.15) is 0 Å². The van der Waals surface area contributed by atoms with Crippen molar-refractivity contribution in [3.05, 3.63) is 16.4 Å². The molecule has 0 radical (unpaired) electrons. The molecule has 13 heavy (non-hydrogen) atoms. The highest BCUT2D eigenvalue weighted by Gasteiger charge is 2.07. The first-order valence-corrected chi connectivity index (χ1v) is 4.20. The number of hydrogen-bond acceptors (Lipinski definition) is 3. The van der Waals surface area contributed by atoms with E-state index in [1.165, 1.54) is 6.07 Å². The second kappa shape index (κ2) is 4.31. The third kappa shape index (κ3) is 2.76. The third-order valence-corrected chi connectivity index (χ3v) is 1.67. The number of ether oxygens (including phenoxy) is 1. The average Bonchev–Trinajstić information content (AvgIpc) is 2.11. The summed E-state index contributed by atoms with van der Waals surface area (Å²) in [6, 6.07) is 1.46. The van der Waals surface area contributed by atoms with Gasteiger partial charge in [0, 0.05) is 6.07 Å². The summed E-state index contributed by atoms with van der Waals surface area (Å²) in [6.45, 7) is 1.71. The smallest absolute Gasteiger partial charge is 0.193 e. The predicted molar refractivity (Wildman–Crippen MR) is 51.0 cm³/mol. The molecular weight excluding hydrogens is 211 g/mol. The Hall–Kier alpha value is -0.980. The Labute approximate surface area is 86.0 Å². The molecule has 0 aliphatic rings. The van der Waals surface area contributed by atoms with Crippen LogP contribution in [0.5, 0.6) is 5.75 Å². The molecular formula is C8H6Cl2N2O. The number of aromatic nitrogens is 2. The fourth-order valence-corrected chi connectivity index (χ4v) is 0.918. The summed E-state index contributed by atoms with van der Waals surface area (Å²) in [5, 5.41) is 7.44. The zero-order valence-electron chi connectivity index (χ0n) is 6.79. The Kier molecular flexibility index (Phi) is 3.35. The van der Waals surface area contributed by atoms with Gasteiger partial charge in [-0.3, -0.25) is 0 Å². The molecule has 1 heterocycles. The molecule has 0 saturated heterocycles. The van der Waals surface area contributed by atoms with Crippen LogP contribution in [-0.4, -0.2) is 16.3 Å². The maximum atomic E-state index is 5.67. The summed E-state index contributed by atoms with van der Waals surface area (Å²) in [7, 11) is 0. The van der Waals surface area contributed by atoms with Crippen molar-refractivity contribution in [3.63, 3.8) is 0 Å². The highest BCUT2D eigenvalue weighted by Crippen LogP contribution is 2.24. The van der Waals surface area contributed by atoms with E-state index in [2.05, 4.69) is 16.1 Å². The first kappa shape index (κ1) is 10.1. The van der Waals surface area contributed by atoms with E-state index in [1.54, 1.807) is 6.92 Å². The monoisotopic (exact) mass is 216 g/mol.